The van der Waals surface area contributed by atoms with Gasteiger partial charge in [0, 0.05) is 80.8 Å². The van der Waals surface area contributed by atoms with Gasteiger partial charge in [0.25, 0.3) is 12.3 Å². The molecule has 2 aromatic rings. The fraction of sp³-hybridized carbons (Fsp3) is 0.593. The Hall–Kier alpha value is -3.01. The average Bonchev–Trinajstić information content (AvgIpc) is 3.25. The van der Waals surface area contributed by atoms with Gasteiger partial charge in [-0.15, -0.1) is 0 Å². The minimum atomic E-state index is -2.75. The third-order valence-electron chi connectivity index (χ3n) is 8.28. The molecule has 37 heavy (non-hydrogen) atoms. The number of hydrogen-bond donors (Lipinski definition) is 0. The van der Waals surface area contributed by atoms with Crippen molar-refractivity contribution in [1.82, 2.24) is 19.6 Å². The van der Waals surface area contributed by atoms with Gasteiger partial charge in [-0.1, -0.05) is 0 Å². The zero-order valence-corrected chi connectivity index (χ0v) is 21.2. The van der Waals surface area contributed by atoms with E-state index in [-0.39, 0.29) is 29.0 Å². The van der Waals surface area contributed by atoms with Gasteiger partial charge in [-0.3, -0.25) is 14.3 Å². The molecule has 8 nitrogen and oxygen atoms in total. The second-order valence-corrected chi connectivity index (χ2v) is 10.5. The average molecular weight is 514 g/mol. The van der Waals surface area contributed by atoms with Crippen molar-refractivity contribution in [3.8, 4) is 0 Å². The lowest BCUT2D eigenvalue weighted by Gasteiger charge is -2.35. The fourth-order valence-corrected chi connectivity index (χ4v) is 6.07. The van der Waals surface area contributed by atoms with Crippen LogP contribution in [0.4, 0.5) is 20.3 Å². The molecule has 4 aliphatic heterocycles. The second kappa shape index (κ2) is 9.70. The Bertz CT molecular complexity index is 1220. The van der Waals surface area contributed by atoms with E-state index in [2.05, 4.69) is 4.68 Å². The minimum Gasteiger partial charge on any atom is -0.381 e. The lowest BCUT2D eigenvalue weighted by atomic mass is 9.93. The summed E-state index contributed by atoms with van der Waals surface area (Å²) in [5.41, 5.74) is 3.62. The van der Waals surface area contributed by atoms with Crippen molar-refractivity contribution in [2.45, 2.75) is 64.5 Å². The number of alkyl halides is 2. The first kappa shape index (κ1) is 24.3. The van der Waals surface area contributed by atoms with E-state index >= 15 is 0 Å². The molecule has 10 heteroatoms. The van der Waals surface area contributed by atoms with E-state index in [4.69, 9.17) is 9.84 Å². The molecule has 1 aromatic carbocycles. The molecule has 2 amide bonds. The van der Waals surface area contributed by atoms with Crippen molar-refractivity contribution in [1.29, 1.82) is 0 Å². The Labute approximate surface area is 215 Å². The Morgan fingerprint density at radius 3 is 2.49 bits per heavy atom. The van der Waals surface area contributed by atoms with Crippen molar-refractivity contribution in [2.24, 2.45) is 0 Å². The molecule has 0 N–H and O–H groups in total. The predicted molar refractivity (Wildman–Crippen MR) is 133 cm³/mol. The standard InChI is InChI=1S/C27H33F2N5O3/c1-17(35)32-11-5-23-22(16-32)26(30-34(23)19-6-12-37-13-7-19)33-10-2-4-18-14-21(27(36)31-8-3-9-31)20(25(28)29)15-24(18)33/h14-15,19,25H,2-13,16H2,1H3. The first-order chi connectivity index (χ1) is 17.9. The van der Waals surface area contributed by atoms with Crippen molar-refractivity contribution in [3.05, 3.63) is 40.1 Å². The van der Waals surface area contributed by atoms with Gasteiger partial charge in [0.15, 0.2) is 5.82 Å². The van der Waals surface area contributed by atoms with E-state index in [1.54, 1.807) is 17.9 Å². The van der Waals surface area contributed by atoms with E-state index in [9.17, 15) is 18.4 Å². The number of rotatable bonds is 4. The Kier molecular flexibility index (Phi) is 6.38. The largest absolute Gasteiger partial charge is 0.381 e. The van der Waals surface area contributed by atoms with Crippen molar-refractivity contribution >= 4 is 23.3 Å². The molecule has 2 fully saturated rings. The summed E-state index contributed by atoms with van der Waals surface area (Å²) in [6.45, 7) is 5.94. The number of nitrogens with zero attached hydrogens (tertiary/aromatic N) is 5. The number of hydrogen-bond acceptors (Lipinski definition) is 5. The highest BCUT2D eigenvalue weighted by Gasteiger charge is 2.35. The number of aromatic nitrogens is 2. The summed E-state index contributed by atoms with van der Waals surface area (Å²) in [7, 11) is 0. The van der Waals surface area contributed by atoms with Gasteiger partial charge in [0.2, 0.25) is 5.91 Å². The molecular formula is C27H33F2N5O3. The van der Waals surface area contributed by atoms with Crippen molar-refractivity contribution < 1.29 is 23.1 Å². The SMILES string of the molecule is CC(=O)N1CCc2c(c(N3CCCc4cc(C(=O)N5CCC5)c(C(F)F)cc43)nn2C2CCOCC2)C1. The third-order valence-corrected chi connectivity index (χ3v) is 8.28. The molecule has 1 aromatic heterocycles. The van der Waals surface area contributed by atoms with Gasteiger partial charge >= 0.3 is 0 Å². The van der Waals surface area contributed by atoms with Crippen LogP contribution in [0, 0.1) is 0 Å². The maximum absolute atomic E-state index is 14.3. The summed E-state index contributed by atoms with van der Waals surface area (Å²) in [5.74, 6) is 0.457. The summed E-state index contributed by atoms with van der Waals surface area (Å²) < 4.78 is 36.2. The molecule has 0 unspecified atom stereocenters. The van der Waals surface area contributed by atoms with E-state index in [0.717, 1.165) is 54.7 Å². The Morgan fingerprint density at radius 1 is 1.03 bits per heavy atom. The summed E-state index contributed by atoms with van der Waals surface area (Å²) in [6, 6.07) is 3.42. The summed E-state index contributed by atoms with van der Waals surface area (Å²) >= 11 is 0. The van der Waals surface area contributed by atoms with Gasteiger partial charge < -0.3 is 19.4 Å². The highest BCUT2D eigenvalue weighted by Crippen LogP contribution is 2.42. The lowest BCUT2D eigenvalue weighted by Crippen LogP contribution is -2.42. The van der Waals surface area contributed by atoms with Crippen LogP contribution in [-0.4, -0.2) is 70.8 Å². The number of carbonyl (C=O) groups excluding carboxylic acids is 2. The second-order valence-electron chi connectivity index (χ2n) is 10.5. The molecule has 0 bridgehead atoms. The molecular weight excluding hydrogens is 480 g/mol. The number of carbonyl (C=O) groups is 2. The van der Waals surface area contributed by atoms with Crippen LogP contribution in [0.1, 0.15) is 77.8 Å². The highest BCUT2D eigenvalue weighted by molar-refractivity contribution is 5.97. The first-order valence-corrected chi connectivity index (χ1v) is 13.4. The van der Waals surface area contributed by atoms with Crippen LogP contribution in [0.5, 0.6) is 0 Å². The van der Waals surface area contributed by atoms with E-state index in [1.807, 2.05) is 9.80 Å². The number of benzene rings is 1. The van der Waals surface area contributed by atoms with E-state index in [1.165, 1.54) is 6.07 Å². The van der Waals surface area contributed by atoms with E-state index < -0.39 is 6.43 Å². The number of halogens is 2. The number of amides is 2. The lowest BCUT2D eigenvalue weighted by molar-refractivity contribution is -0.129. The fourth-order valence-electron chi connectivity index (χ4n) is 6.07. The highest BCUT2D eigenvalue weighted by atomic mass is 19.3. The number of fused-ring (bicyclic) bond motifs is 2. The summed E-state index contributed by atoms with van der Waals surface area (Å²) in [4.78, 5) is 30.7. The summed E-state index contributed by atoms with van der Waals surface area (Å²) in [5, 5.41) is 5.10. The van der Waals surface area contributed by atoms with Crippen LogP contribution in [0.25, 0.3) is 0 Å². The smallest absolute Gasteiger partial charge is 0.264 e. The zero-order chi connectivity index (χ0) is 25.7. The third kappa shape index (κ3) is 4.28. The maximum Gasteiger partial charge on any atom is 0.264 e. The first-order valence-electron chi connectivity index (χ1n) is 13.4. The number of ether oxygens (including phenoxy) is 1. The quantitative estimate of drug-likeness (QED) is 0.618. The summed E-state index contributed by atoms with van der Waals surface area (Å²) in [6.07, 6.45) is 2.16. The van der Waals surface area contributed by atoms with Crippen LogP contribution >= 0.6 is 0 Å². The van der Waals surface area contributed by atoms with Gasteiger partial charge in [0.1, 0.15) is 0 Å². The van der Waals surface area contributed by atoms with Crippen LogP contribution in [0.2, 0.25) is 0 Å². The molecule has 0 radical (unpaired) electrons. The van der Waals surface area contributed by atoms with Gasteiger partial charge in [0.05, 0.1) is 12.6 Å². The van der Waals surface area contributed by atoms with Crippen LogP contribution in [-0.2, 0) is 28.9 Å². The molecule has 0 spiro atoms. The van der Waals surface area contributed by atoms with Gasteiger partial charge in [-0.2, -0.15) is 5.10 Å². The molecule has 0 saturated carbocycles. The number of anilines is 2. The normalized spacial score (nSPS) is 20.1. The van der Waals surface area contributed by atoms with Gasteiger partial charge in [-0.25, -0.2) is 8.78 Å². The van der Waals surface area contributed by atoms with Gasteiger partial charge in [-0.05, 0) is 49.8 Å². The van der Waals surface area contributed by atoms with Crippen LogP contribution < -0.4 is 4.90 Å². The molecule has 6 rings (SSSR count). The topological polar surface area (TPSA) is 70.9 Å². The molecule has 2 saturated heterocycles. The van der Waals surface area contributed by atoms with E-state index in [0.29, 0.717) is 58.0 Å². The predicted octanol–water partition coefficient (Wildman–Crippen LogP) is 4.01. The van der Waals surface area contributed by atoms with Crippen LogP contribution in [0.15, 0.2) is 12.1 Å². The Morgan fingerprint density at radius 2 is 1.81 bits per heavy atom. The monoisotopic (exact) mass is 513 g/mol. The number of aryl methyl sites for hydroxylation is 1. The van der Waals surface area contributed by atoms with Crippen molar-refractivity contribution in [3.63, 3.8) is 0 Å². The number of likely N-dealkylation sites (tertiary alicyclic amines) is 1. The van der Waals surface area contributed by atoms with Crippen LogP contribution in [0.3, 0.4) is 0 Å². The molecule has 4 aliphatic rings. The molecule has 5 heterocycles. The molecule has 0 aliphatic carbocycles. The maximum atomic E-state index is 14.3. The molecule has 198 valence electrons. The zero-order valence-electron chi connectivity index (χ0n) is 21.2. The van der Waals surface area contributed by atoms with Crippen molar-refractivity contribution in [2.75, 3.05) is 44.3 Å². The Balaban J connectivity index is 1.44. The molecule has 0 atom stereocenters. The minimum absolute atomic E-state index is 0.0172.